The quantitative estimate of drug-likeness (QED) is 0.166. The zero-order chi connectivity index (χ0) is 39.7. The molecule has 1 saturated carbocycles. The van der Waals surface area contributed by atoms with Crippen molar-refractivity contribution in [3.8, 4) is 11.5 Å². The zero-order valence-corrected chi connectivity index (χ0v) is 32.6. The summed E-state index contributed by atoms with van der Waals surface area (Å²) in [5.41, 5.74) is -1.23. The van der Waals surface area contributed by atoms with Crippen LogP contribution in [0.1, 0.15) is 102 Å². The van der Waals surface area contributed by atoms with Crippen LogP contribution in [0.3, 0.4) is 0 Å². The molecule has 2 aliphatic heterocycles. The number of carbonyl (C=O) groups is 1. The molecule has 1 aliphatic carbocycles. The first-order valence-corrected chi connectivity index (χ1v) is 19.3. The number of amides is 1. The van der Waals surface area contributed by atoms with Gasteiger partial charge in [0.2, 0.25) is 0 Å². The van der Waals surface area contributed by atoms with Gasteiger partial charge in [-0.15, -0.1) is 0 Å². The van der Waals surface area contributed by atoms with Crippen molar-refractivity contribution in [2.24, 2.45) is 11.3 Å². The van der Waals surface area contributed by atoms with E-state index in [1.165, 1.54) is 25.7 Å². The topological polar surface area (TPSA) is 132 Å². The van der Waals surface area contributed by atoms with Crippen LogP contribution in [0, 0.1) is 28.4 Å². The molecule has 3 heterocycles. The van der Waals surface area contributed by atoms with Crippen LogP contribution in [-0.2, 0) is 10.9 Å². The van der Waals surface area contributed by atoms with Gasteiger partial charge < -0.3 is 29.3 Å². The first-order chi connectivity index (χ1) is 25.9. The minimum Gasteiger partial charge on any atom is -0.493 e. The number of piperidine rings is 2. The predicted octanol–water partition coefficient (Wildman–Crippen LogP) is 9.10. The molecule has 0 unspecified atom stereocenters. The molecule has 3 aromatic rings. The van der Waals surface area contributed by atoms with Crippen LogP contribution >= 0.6 is 0 Å². The minimum atomic E-state index is -4.75. The molecule has 6 rings (SSSR count). The van der Waals surface area contributed by atoms with E-state index in [1.54, 1.807) is 33.1 Å². The Labute approximate surface area is 320 Å². The molecule has 1 aromatic heterocycles. The molecule has 3 fully saturated rings. The number of ether oxygens (including phenoxy) is 3. The monoisotopic (exact) mass is 770 g/mol. The molecule has 15 heteroatoms. The summed E-state index contributed by atoms with van der Waals surface area (Å²) in [5, 5.41) is 15.2. The summed E-state index contributed by atoms with van der Waals surface area (Å²) >= 11 is 0. The number of fused-ring (bicyclic) bond motifs is 1. The Morgan fingerprint density at radius 3 is 2.25 bits per heavy atom. The second-order valence-electron chi connectivity index (χ2n) is 16.6. The number of nitrogens with zero attached hydrogens (tertiary/aromatic N) is 5. The van der Waals surface area contributed by atoms with Crippen molar-refractivity contribution >= 4 is 28.5 Å². The van der Waals surface area contributed by atoms with Gasteiger partial charge >= 0.3 is 12.3 Å². The Hall–Kier alpha value is -4.40. The molecule has 2 saturated heterocycles. The first kappa shape index (κ1) is 40.3. The van der Waals surface area contributed by atoms with Crippen molar-refractivity contribution in [1.82, 2.24) is 19.8 Å². The van der Waals surface area contributed by atoms with Crippen LogP contribution in [0.4, 0.5) is 29.5 Å². The number of methoxy groups -OCH3 is 1. The average Bonchev–Trinajstić information content (AvgIpc) is 3.12. The molecular formula is C40H53F3N6O6. The Kier molecular flexibility index (Phi) is 11.7. The summed E-state index contributed by atoms with van der Waals surface area (Å²) in [7, 11) is 1.56. The van der Waals surface area contributed by atoms with Crippen molar-refractivity contribution in [3.63, 3.8) is 0 Å². The highest BCUT2D eigenvalue weighted by Gasteiger charge is 2.40. The molecule has 2 aromatic carbocycles. The van der Waals surface area contributed by atoms with Gasteiger partial charge in [-0.3, -0.25) is 10.1 Å². The van der Waals surface area contributed by atoms with E-state index in [0.717, 1.165) is 70.5 Å². The van der Waals surface area contributed by atoms with E-state index in [0.29, 0.717) is 51.4 Å². The number of non-ortho nitro benzene ring substituents is 1. The zero-order valence-electron chi connectivity index (χ0n) is 32.6. The number of benzene rings is 2. The van der Waals surface area contributed by atoms with E-state index in [4.69, 9.17) is 14.2 Å². The molecular weight excluding hydrogens is 717 g/mol. The van der Waals surface area contributed by atoms with Crippen LogP contribution in [0.2, 0.25) is 0 Å². The van der Waals surface area contributed by atoms with E-state index in [2.05, 4.69) is 20.2 Å². The third-order valence-corrected chi connectivity index (χ3v) is 11.4. The number of rotatable bonds is 9. The standard InChI is InChI=1S/C40H53F3N6O6/c1-25(28-19-29(40(41,42)43)21-30(20-28)49(51)52)44-36-32-22-35(34(53-6)23-33(32)45-26(2)46-36)54-31-9-15-47(16-10-31)24-27-7-11-39(12-8-27)13-17-48(18-14-39)37(50)55-38(3,4)5/h19-23,25,27,31H,7-18,24H2,1-6H3,(H,44,45,46)/t25-/m1/s1. The van der Waals surface area contributed by atoms with Crippen molar-refractivity contribution in [2.75, 3.05) is 45.2 Å². The summed E-state index contributed by atoms with van der Waals surface area (Å²) < 4.78 is 58.7. The van der Waals surface area contributed by atoms with Gasteiger partial charge in [-0.25, -0.2) is 14.8 Å². The fraction of sp³-hybridized carbons (Fsp3) is 0.625. The molecule has 0 bridgehead atoms. The first-order valence-electron chi connectivity index (χ1n) is 19.3. The van der Waals surface area contributed by atoms with Crippen molar-refractivity contribution in [2.45, 2.75) is 110 Å². The predicted molar refractivity (Wildman–Crippen MR) is 202 cm³/mol. The number of alkyl halides is 3. The van der Waals surface area contributed by atoms with Crippen LogP contribution in [0.5, 0.6) is 11.5 Å². The smallest absolute Gasteiger partial charge is 0.416 e. The fourth-order valence-electron chi connectivity index (χ4n) is 8.27. The van der Waals surface area contributed by atoms with Crippen LogP contribution in [-0.4, -0.2) is 82.3 Å². The Bertz CT molecular complexity index is 1860. The van der Waals surface area contributed by atoms with Gasteiger partial charge in [0.25, 0.3) is 5.69 Å². The SMILES string of the molecule is COc1cc2nc(C)nc(N[C@H](C)c3cc([N+](=O)[O-])cc(C(F)(F)F)c3)c2cc1OC1CCN(CC2CCC3(CC2)CCN(C(=O)OC(C)(C)C)CC3)CC1. The number of aryl methyl sites for hydroxylation is 1. The number of carbonyl (C=O) groups excluding carboxylic acids is 1. The summed E-state index contributed by atoms with van der Waals surface area (Å²) in [6.07, 6.45) is 3.62. The number of hydrogen-bond donors (Lipinski definition) is 1. The van der Waals surface area contributed by atoms with Gasteiger partial charge in [-0.2, -0.15) is 13.2 Å². The molecule has 12 nitrogen and oxygen atoms in total. The Balaban J connectivity index is 1.06. The molecule has 1 N–H and O–H groups in total. The summed E-state index contributed by atoms with van der Waals surface area (Å²) in [6.45, 7) is 13.5. The molecule has 0 radical (unpaired) electrons. The van der Waals surface area contributed by atoms with E-state index in [1.807, 2.05) is 25.7 Å². The van der Waals surface area contributed by atoms with E-state index < -0.39 is 34.0 Å². The summed E-state index contributed by atoms with van der Waals surface area (Å²) in [6, 6.07) is 5.37. The van der Waals surface area contributed by atoms with E-state index in [-0.39, 0.29) is 17.8 Å². The maximum atomic E-state index is 13.6. The third-order valence-electron chi connectivity index (χ3n) is 11.4. The molecule has 1 spiro atoms. The summed E-state index contributed by atoms with van der Waals surface area (Å²) in [4.78, 5) is 36.7. The maximum Gasteiger partial charge on any atom is 0.416 e. The Morgan fingerprint density at radius 1 is 0.982 bits per heavy atom. The number of halogens is 3. The fourth-order valence-corrected chi connectivity index (χ4v) is 8.27. The number of anilines is 1. The van der Waals surface area contributed by atoms with Crippen LogP contribution in [0.15, 0.2) is 30.3 Å². The van der Waals surface area contributed by atoms with Crippen molar-refractivity contribution in [3.05, 3.63) is 57.4 Å². The van der Waals surface area contributed by atoms with E-state index >= 15 is 0 Å². The number of nitrogens with one attached hydrogen (secondary N) is 1. The van der Waals surface area contributed by atoms with Crippen LogP contribution < -0.4 is 14.8 Å². The lowest BCUT2D eigenvalue weighted by atomic mass is 9.65. The maximum absolute atomic E-state index is 13.6. The molecule has 1 atom stereocenters. The second-order valence-corrected chi connectivity index (χ2v) is 16.6. The van der Waals surface area contributed by atoms with Gasteiger partial charge in [0.05, 0.1) is 29.2 Å². The normalized spacial score (nSPS) is 19.3. The highest BCUT2D eigenvalue weighted by atomic mass is 19.4. The number of nitro benzene ring substituents is 1. The van der Waals surface area contributed by atoms with Crippen molar-refractivity contribution in [1.29, 1.82) is 0 Å². The minimum absolute atomic E-state index is 0.0419. The molecule has 3 aliphatic rings. The van der Waals surface area contributed by atoms with E-state index in [9.17, 15) is 28.1 Å². The van der Waals surface area contributed by atoms with Gasteiger partial charge in [0, 0.05) is 56.3 Å². The Morgan fingerprint density at radius 2 is 1.65 bits per heavy atom. The number of aromatic nitrogens is 2. The number of likely N-dealkylation sites (tertiary alicyclic amines) is 2. The highest BCUT2D eigenvalue weighted by molar-refractivity contribution is 5.92. The van der Waals surface area contributed by atoms with Crippen molar-refractivity contribution < 1.29 is 37.1 Å². The second kappa shape index (κ2) is 16.0. The summed E-state index contributed by atoms with van der Waals surface area (Å²) in [5.74, 6) is 2.47. The molecule has 1 amide bonds. The molecule has 300 valence electrons. The lowest BCUT2D eigenvalue weighted by Crippen LogP contribution is -2.47. The third kappa shape index (κ3) is 9.89. The lowest BCUT2D eigenvalue weighted by molar-refractivity contribution is -0.385. The van der Waals surface area contributed by atoms with Gasteiger partial charge in [-0.1, -0.05) is 0 Å². The average molecular weight is 771 g/mol. The van der Waals surface area contributed by atoms with Crippen LogP contribution in [0.25, 0.3) is 10.9 Å². The number of nitro groups is 1. The van der Waals surface area contributed by atoms with Gasteiger partial charge in [0.1, 0.15) is 23.3 Å². The largest absolute Gasteiger partial charge is 0.493 e. The lowest BCUT2D eigenvalue weighted by Gasteiger charge is -2.46. The van der Waals surface area contributed by atoms with Gasteiger partial charge in [-0.05, 0) is 115 Å². The molecule has 55 heavy (non-hydrogen) atoms. The highest BCUT2D eigenvalue weighted by Crippen LogP contribution is 2.47. The number of hydrogen-bond acceptors (Lipinski definition) is 10. The van der Waals surface area contributed by atoms with Gasteiger partial charge in [0.15, 0.2) is 11.5 Å².